The third kappa shape index (κ3) is 1.98. The summed E-state index contributed by atoms with van der Waals surface area (Å²) in [6.07, 6.45) is 1.09. The Morgan fingerprint density at radius 2 is 1.57 bits per heavy atom. The molecule has 0 amide bonds. The first-order chi connectivity index (χ1) is 10.0. The van der Waals surface area contributed by atoms with Gasteiger partial charge in [-0.15, -0.1) is 0 Å². The molecule has 1 aromatic carbocycles. The van der Waals surface area contributed by atoms with Crippen LogP contribution in [0.5, 0.6) is 0 Å². The van der Waals surface area contributed by atoms with Crippen LogP contribution < -0.4 is 0 Å². The number of benzene rings is 1. The second-order valence-electron chi connectivity index (χ2n) is 5.17. The number of carboxylic acids is 2. The van der Waals surface area contributed by atoms with Crippen molar-refractivity contribution in [3.8, 4) is 11.3 Å². The van der Waals surface area contributed by atoms with Gasteiger partial charge in [-0.05, 0) is 17.2 Å². The Hall–Kier alpha value is -2.69. The molecule has 0 aliphatic heterocycles. The minimum Gasteiger partial charge on any atom is -0.481 e. The van der Waals surface area contributed by atoms with Crippen molar-refractivity contribution in [3.63, 3.8) is 0 Å². The second-order valence-corrected chi connectivity index (χ2v) is 5.17. The number of carbonyl (C=O) groups is 2. The standard InChI is InChI=1S/C16H13NO4/c18-13(19)8-16(9-14(20)21)11-5-2-1-4-10(11)15-12(16)6-3-7-17-15/h1-7H,8-9H2,(H,18,19)(H,20,21). The van der Waals surface area contributed by atoms with E-state index in [1.807, 2.05) is 12.1 Å². The van der Waals surface area contributed by atoms with Gasteiger partial charge in [0, 0.05) is 17.2 Å². The van der Waals surface area contributed by atoms with Gasteiger partial charge in [-0.2, -0.15) is 0 Å². The summed E-state index contributed by atoms with van der Waals surface area (Å²) in [5, 5.41) is 18.6. The van der Waals surface area contributed by atoms with Crippen LogP contribution in [0, 0.1) is 0 Å². The third-order valence-corrected chi connectivity index (χ3v) is 3.93. The Bertz CT molecular complexity index is 675. The van der Waals surface area contributed by atoms with Crippen LogP contribution in [0.15, 0.2) is 42.6 Å². The highest BCUT2D eigenvalue weighted by Gasteiger charge is 2.46. The normalized spacial score (nSPS) is 14.3. The number of hydrogen-bond donors (Lipinski definition) is 2. The summed E-state index contributed by atoms with van der Waals surface area (Å²) in [4.78, 5) is 27.0. The minimum absolute atomic E-state index is 0.269. The lowest BCUT2D eigenvalue weighted by Gasteiger charge is -2.28. The maximum atomic E-state index is 11.3. The molecule has 0 radical (unpaired) electrons. The molecular formula is C16H13NO4. The molecule has 1 heterocycles. The molecule has 0 unspecified atom stereocenters. The van der Waals surface area contributed by atoms with Crippen LogP contribution in [-0.2, 0) is 15.0 Å². The summed E-state index contributed by atoms with van der Waals surface area (Å²) in [5.41, 5.74) is 1.84. The van der Waals surface area contributed by atoms with Gasteiger partial charge in [-0.3, -0.25) is 14.6 Å². The first-order valence-electron chi connectivity index (χ1n) is 6.53. The van der Waals surface area contributed by atoms with Crippen molar-refractivity contribution in [2.24, 2.45) is 0 Å². The third-order valence-electron chi connectivity index (χ3n) is 3.93. The van der Waals surface area contributed by atoms with E-state index in [1.54, 1.807) is 30.5 Å². The average molecular weight is 283 g/mol. The van der Waals surface area contributed by atoms with Crippen molar-refractivity contribution >= 4 is 11.9 Å². The van der Waals surface area contributed by atoms with Gasteiger partial charge in [-0.25, -0.2) is 0 Å². The predicted molar refractivity (Wildman–Crippen MR) is 75.0 cm³/mol. The van der Waals surface area contributed by atoms with Crippen LogP contribution in [0.25, 0.3) is 11.3 Å². The van der Waals surface area contributed by atoms with E-state index in [4.69, 9.17) is 0 Å². The molecule has 1 aliphatic carbocycles. The highest BCUT2D eigenvalue weighted by atomic mass is 16.4. The molecule has 5 nitrogen and oxygen atoms in total. The van der Waals surface area contributed by atoms with Crippen molar-refractivity contribution in [3.05, 3.63) is 53.7 Å². The van der Waals surface area contributed by atoms with E-state index in [2.05, 4.69) is 4.98 Å². The molecule has 0 spiro atoms. The number of pyridine rings is 1. The molecule has 0 saturated carbocycles. The number of fused-ring (bicyclic) bond motifs is 3. The zero-order valence-corrected chi connectivity index (χ0v) is 11.1. The van der Waals surface area contributed by atoms with E-state index in [0.717, 1.165) is 11.1 Å². The molecule has 3 rings (SSSR count). The summed E-state index contributed by atoms with van der Waals surface area (Å²) >= 11 is 0. The fourth-order valence-electron chi connectivity index (χ4n) is 3.22. The van der Waals surface area contributed by atoms with Crippen molar-refractivity contribution in [2.75, 3.05) is 0 Å². The van der Waals surface area contributed by atoms with Crippen molar-refractivity contribution in [1.29, 1.82) is 0 Å². The Balaban J connectivity index is 2.31. The van der Waals surface area contributed by atoms with Gasteiger partial charge in [0.05, 0.1) is 18.5 Å². The summed E-state index contributed by atoms with van der Waals surface area (Å²) in [6, 6.07) is 10.8. The van der Waals surface area contributed by atoms with Gasteiger partial charge in [0.25, 0.3) is 0 Å². The molecule has 106 valence electrons. The lowest BCUT2D eigenvalue weighted by atomic mass is 9.73. The molecule has 1 aromatic heterocycles. The smallest absolute Gasteiger partial charge is 0.304 e. The van der Waals surface area contributed by atoms with Crippen LogP contribution in [-0.4, -0.2) is 27.1 Å². The van der Waals surface area contributed by atoms with E-state index >= 15 is 0 Å². The second kappa shape index (κ2) is 4.70. The van der Waals surface area contributed by atoms with Crippen LogP contribution in [0.1, 0.15) is 24.0 Å². The fourth-order valence-corrected chi connectivity index (χ4v) is 3.22. The number of aromatic nitrogens is 1. The monoisotopic (exact) mass is 283 g/mol. The number of carboxylic acid groups (broad SMARTS) is 2. The molecule has 21 heavy (non-hydrogen) atoms. The van der Waals surface area contributed by atoms with Crippen LogP contribution >= 0.6 is 0 Å². The lowest BCUT2D eigenvalue weighted by Crippen LogP contribution is -2.31. The van der Waals surface area contributed by atoms with Crippen molar-refractivity contribution < 1.29 is 19.8 Å². The van der Waals surface area contributed by atoms with E-state index in [0.29, 0.717) is 11.3 Å². The minimum atomic E-state index is -1.06. The van der Waals surface area contributed by atoms with E-state index in [1.165, 1.54) is 0 Å². The molecule has 2 N–H and O–H groups in total. The quantitative estimate of drug-likeness (QED) is 0.899. The lowest BCUT2D eigenvalue weighted by molar-refractivity contribution is -0.140. The topological polar surface area (TPSA) is 87.5 Å². The maximum absolute atomic E-state index is 11.3. The summed E-state index contributed by atoms with van der Waals surface area (Å²) in [5.74, 6) is -2.05. The highest BCUT2D eigenvalue weighted by Crippen LogP contribution is 2.51. The average Bonchev–Trinajstić information content (AvgIpc) is 2.70. The molecule has 0 fully saturated rings. The molecular weight excluding hydrogens is 270 g/mol. The van der Waals surface area contributed by atoms with E-state index in [-0.39, 0.29) is 12.8 Å². The van der Waals surface area contributed by atoms with Gasteiger partial charge in [0.2, 0.25) is 0 Å². The predicted octanol–water partition coefficient (Wildman–Crippen LogP) is 2.30. The number of hydrogen-bond acceptors (Lipinski definition) is 3. The molecule has 0 atom stereocenters. The van der Waals surface area contributed by atoms with E-state index in [9.17, 15) is 19.8 Å². The van der Waals surface area contributed by atoms with E-state index < -0.39 is 17.4 Å². The SMILES string of the molecule is O=C(O)CC1(CC(=O)O)c2ccccc2-c2ncccc21. The number of aliphatic carboxylic acids is 2. The number of nitrogens with zero attached hydrogens (tertiary/aromatic N) is 1. The van der Waals surface area contributed by atoms with Crippen molar-refractivity contribution in [1.82, 2.24) is 4.98 Å². The van der Waals surface area contributed by atoms with Crippen LogP contribution in [0.3, 0.4) is 0 Å². The van der Waals surface area contributed by atoms with Gasteiger partial charge < -0.3 is 10.2 Å². The van der Waals surface area contributed by atoms with Crippen LogP contribution in [0.4, 0.5) is 0 Å². The van der Waals surface area contributed by atoms with Gasteiger partial charge in [0.15, 0.2) is 0 Å². The molecule has 5 heteroatoms. The summed E-state index contributed by atoms with van der Waals surface area (Å²) in [7, 11) is 0. The molecule has 1 aliphatic rings. The van der Waals surface area contributed by atoms with Crippen molar-refractivity contribution in [2.45, 2.75) is 18.3 Å². The first-order valence-corrected chi connectivity index (χ1v) is 6.53. The molecule has 0 bridgehead atoms. The van der Waals surface area contributed by atoms with Crippen LogP contribution in [0.2, 0.25) is 0 Å². The maximum Gasteiger partial charge on any atom is 0.304 e. The number of rotatable bonds is 4. The first kappa shape index (κ1) is 13.3. The Morgan fingerprint density at radius 3 is 2.24 bits per heavy atom. The Labute approximate surface area is 120 Å². The summed E-state index contributed by atoms with van der Waals surface area (Å²) < 4.78 is 0. The zero-order chi connectivity index (χ0) is 15.0. The molecule has 2 aromatic rings. The van der Waals surface area contributed by atoms with Gasteiger partial charge in [0.1, 0.15) is 0 Å². The highest BCUT2D eigenvalue weighted by molar-refractivity contribution is 5.85. The van der Waals surface area contributed by atoms with Gasteiger partial charge >= 0.3 is 11.9 Å². The largest absolute Gasteiger partial charge is 0.481 e. The summed E-state index contributed by atoms with van der Waals surface area (Å²) in [6.45, 7) is 0. The van der Waals surface area contributed by atoms with Gasteiger partial charge in [-0.1, -0.05) is 30.3 Å². The zero-order valence-electron chi connectivity index (χ0n) is 11.1. The Morgan fingerprint density at radius 1 is 0.952 bits per heavy atom. The molecule has 0 saturated heterocycles. The fraction of sp³-hybridized carbons (Fsp3) is 0.188. The Kier molecular flexibility index (Phi) is 2.97.